The van der Waals surface area contributed by atoms with Gasteiger partial charge >= 0.3 is 6.18 Å². The van der Waals surface area contributed by atoms with Crippen LogP contribution in [0.1, 0.15) is 19.0 Å². The number of alkyl halides is 3. The number of thiocarbonyl (C=S) groups is 1. The number of nitrogens with zero attached hydrogens (tertiary/aromatic N) is 3. The number of aromatic nitrogens is 2. The summed E-state index contributed by atoms with van der Waals surface area (Å²) in [5.74, 6) is 0.0311. The molecule has 8 heteroatoms. The Kier molecular flexibility index (Phi) is 4.83. The lowest BCUT2D eigenvalue weighted by Gasteiger charge is -2.21. The molecule has 1 aromatic rings. The molecule has 0 radical (unpaired) electrons. The minimum Gasteiger partial charge on any atom is -0.393 e. The van der Waals surface area contributed by atoms with Crippen LogP contribution in [0.4, 0.5) is 19.1 Å². The number of halogens is 3. The number of nitrogens with two attached hydrogens (primary N) is 1. The third-order valence-corrected chi connectivity index (χ3v) is 2.43. The van der Waals surface area contributed by atoms with Crippen molar-refractivity contribution in [3.63, 3.8) is 0 Å². The molecular formula is C10H13F3N4S. The summed E-state index contributed by atoms with van der Waals surface area (Å²) in [5.41, 5.74) is 4.40. The van der Waals surface area contributed by atoms with E-state index in [1.807, 2.05) is 0 Å². The minimum absolute atomic E-state index is 0.0311. The lowest BCUT2D eigenvalue weighted by atomic mass is 10.3. The van der Waals surface area contributed by atoms with Gasteiger partial charge in [0.05, 0.1) is 4.99 Å². The number of anilines is 1. The number of hydrogen-bond donors (Lipinski definition) is 1. The lowest BCUT2D eigenvalue weighted by Crippen LogP contribution is -2.29. The summed E-state index contributed by atoms with van der Waals surface area (Å²) < 4.78 is 37.5. The Morgan fingerprint density at radius 1 is 1.50 bits per heavy atom. The second-order valence-corrected chi connectivity index (χ2v) is 4.06. The summed E-state index contributed by atoms with van der Waals surface area (Å²) in [6.07, 6.45) is -2.97. The van der Waals surface area contributed by atoms with Crippen molar-refractivity contribution in [2.45, 2.75) is 19.5 Å². The van der Waals surface area contributed by atoms with Crippen LogP contribution in [-0.2, 0) is 6.18 Å². The van der Waals surface area contributed by atoms with E-state index in [1.165, 1.54) is 0 Å². The molecule has 0 spiro atoms. The predicted molar refractivity (Wildman–Crippen MR) is 66.3 cm³/mol. The van der Waals surface area contributed by atoms with E-state index in [0.717, 1.165) is 12.3 Å². The van der Waals surface area contributed by atoms with E-state index in [9.17, 15) is 13.2 Å². The molecule has 0 atom stereocenters. The average molecular weight is 278 g/mol. The van der Waals surface area contributed by atoms with Crippen LogP contribution >= 0.6 is 12.2 Å². The predicted octanol–water partition coefficient (Wildman–Crippen LogP) is 2.00. The number of hydrogen-bond acceptors (Lipinski definition) is 4. The Balaban J connectivity index is 2.89. The molecule has 0 bridgehead atoms. The van der Waals surface area contributed by atoms with Gasteiger partial charge in [-0.2, -0.15) is 13.2 Å². The highest BCUT2D eigenvalue weighted by atomic mass is 32.1. The molecule has 0 saturated carbocycles. The fourth-order valence-corrected chi connectivity index (χ4v) is 1.39. The Labute approximate surface area is 108 Å². The Morgan fingerprint density at radius 2 is 2.17 bits per heavy atom. The second-order valence-electron chi connectivity index (χ2n) is 3.54. The molecule has 0 saturated heterocycles. The van der Waals surface area contributed by atoms with Crippen molar-refractivity contribution >= 4 is 23.2 Å². The van der Waals surface area contributed by atoms with E-state index in [0.29, 0.717) is 24.5 Å². The summed E-state index contributed by atoms with van der Waals surface area (Å²) in [6.45, 7) is 2.67. The third kappa shape index (κ3) is 4.10. The molecule has 0 unspecified atom stereocenters. The van der Waals surface area contributed by atoms with Gasteiger partial charge in [0.2, 0.25) is 5.95 Å². The highest BCUT2D eigenvalue weighted by molar-refractivity contribution is 7.80. The molecule has 100 valence electrons. The lowest BCUT2D eigenvalue weighted by molar-refractivity contribution is -0.141. The second kappa shape index (κ2) is 5.94. The van der Waals surface area contributed by atoms with Crippen LogP contribution in [0.3, 0.4) is 0 Å². The first kappa shape index (κ1) is 14.6. The van der Waals surface area contributed by atoms with Crippen LogP contribution in [0.15, 0.2) is 12.3 Å². The smallest absolute Gasteiger partial charge is 0.393 e. The SMILES string of the molecule is CCN(CCC(N)=S)c1nccc(C(F)(F)F)n1. The van der Waals surface area contributed by atoms with Crippen LogP contribution in [0.5, 0.6) is 0 Å². The molecule has 0 amide bonds. The van der Waals surface area contributed by atoms with Crippen LogP contribution in [0.25, 0.3) is 0 Å². The first-order chi connectivity index (χ1) is 8.34. The van der Waals surface area contributed by atoms with E-state index in [1.54, 1.807) is 11.8 Å². The van der Waals surface area contributed by atoms with Gasteiger partial charge in [-0.25, -0.2) is 9.97 Å². The Hall–Kier alpha value is -1.44. The van der Waals surface area contributed by atoms with Crippen molar-refractivity contribution in [1.29, 1.82) is 0 Å². The van der Waals surface area contributed by atoms with Crippen molar-refractivity contribution in [3.8, 4) is 0 Å². The van der Waals surface area contributed by atoms with E-state index in [4.69, 9.17) is 18.0 Å². The molecular weight excluding hydrogens is 265 g/mol. The zero-order chi connectivity index (χ0) is 13.8. The quantitative estimate of drug-likeness (QED) is 0.835. The molecule has 0 aliphatic rings. The van der Waals surface area contributed by atoms with Gasteiger partial charge in [0.25, 0.3) is 0 Å². The van der Waals surface area contributed by atoms with Gasteiger partial charge in [-0.15, -0.1) is 0 Å². The topological polar surface area (TPSA) is 55.0 Å². The molecule has 18 heavy (non-hydrogen) atoms. The molecule has 0 fully saturated rings. The highest BCUT2D eigenvalue weighted by Gasteiger charge is 2.33. The van der Waals surface area contributed by atoms with Gasteiger partial charge in [0.1, 0.15) is 5.69 Å². The summed E-state index contributed by atoms with van der Waals surface area (Å²) in [4.78, 5) is 9.23. The monoisotopic (exact) mass is 278 g/mol. The van der Waals surface area contributed by atoms with Crippen LogP contribution < -0.4 is 10.6 Å². The van der Waals surface area contributed by atoms with E-state index in [-0.39, 0.29) is 5.95 Å². The summed E-state index contributed by atoms with van der Waals surface area (Å²) in [6, 6.07) is 0.838. The molecule has 0 aliphatic heterocycles. The number of rotatable bonds is 5. The van der Waals surface area contributed by atoms with E-state index in [2.05, 4.69) is 9.97 Å². The fourth-order valence-electron chi connectivity index (χ4n) is 1.30. The van der Waals surface area contributed by atoms with E-state index >= 15 is 0 Å². The summed E-state index contributed by atoms with van der Waals surface area (Å²) >= 11 is 4.73. The van der Waals surface area contributed by atoms with Crippen LogP contribution in [0.2, 0.25) is 0 Å². The normalized spacial score (nSPS) is 11.3. The summed E-state index contributed by atoms with van der Waals surface area (Å²) in [7, 11) is 0. The van der Waals surface area contributed by atoms with Gasteiger partial charge in [0, 0.05) is 25.7 Å². The standard InChI is InChI=1S/C10H13F3N4S/c1-2-17(6-4-8(14)18)9-15-5-3-7(16-9)10(11,12)13/h3,5H,2,4,6H2,1H3,(H2,14,18). The van der Waals surface area contributed by atoms with Gasteiger partial charge in [-0.1, -0.05) is 12.2 Å². The van der Waals surface area contributed by atoms with Crippen molar-refractivity contribution in [2.75, 3.05) is 18.0 Å². The van der Waals surface area contributed by atoms with Crippen molar-refractivity contribution in [1.82, 2.24) is 9.97 Å². The first-order valence-electron chi connectivity index (χ1n) is 5.28. The molecule has 1 rings (SSSR count). The van der Waals surface area contributed by atoms with Gasteiger partial charge in [-0.05, 0) is 13.0 Å². The zero-order valence-corrected chi connectivity index (χ0v) is 10.6. The van der Waals surface area contributed by atoms with Crippen molar-refractivity contribution in [2.24, 2.45) is 5.73 Å². The van der Waals surface area contributed by atoms with Gasteiger partial charge < -0.3 is 10.6 Å². The van der Waals surface area contributed by atoms with Crippen molar-refractivity contribution < 1.29 is 13.2 Å². The van der Waals surface area contributed by atoms with Gasteiger partial charge in [0.15, 0.2) is 0 Å². The largest absolute Gasteiger partial charge is 0.433 e. The maximum Gasteiger partial charge on any atom is 0.433 e. The van der Waals surface area contributed by atoms with E-state index < -0.39 is 11.9 Å². The maximum atomic E-state index is 12.5. The molecule has 1 heterocycles. The van der Waals surface area contributed by atoms with Crippen molar-refractivity contribution in [3.05, 3.63) is 18.0 Å². The Bertz CT molecular complexity index is 422. The first-order valence-corrected chi connectivity index (χ1v) is 5.69. The maximum absolute atomic E-state index is 12.5. The molecule has 0 aromatic carbocycles. The zero-order valence-electron chi connectivity index (χ0n) is 9.74. The third-order valence-electron chi connectivity index (χ3n) is 2.23. The fraction of sp³-hybridized carbons (Fsp3) is 0.500. The summed E-state index contributed by atoms with van der Waals surface area (Å²) in [5, 5.41) is 0. The highest BCUT2D eigenvalue weighted by Crippen LogP contribution is 2.28. The Morgan fingerprint density at radius 3 is 2.67 bits per heavy atom. The molecule has 4 nitrogen and oxygen atoms in total. The van der Waals surface area contributed by atoms with Crippen LogP contribution in [0, 0.1) is 0 Å². The average Bonchev–Trinajstić information content (AvgIpc) is 2.29. The minimum atomic E-state index is -4.47. The molecule has 1 aromatic heterocycles. The van der Waals surface area contributed by atoms with Gasteiger partial charge in [-0.3, -0.25) is 0 Å². The van der Waals surface area contributed by atoms with Crippen LogP contribution in [-0.4, -0.2) is 28.0 Å². The molecule has 2 N–H and O–H groups in total. The molecule has 0 aliphatic carbocycles.